The van der Waals surface area contributed by atoms with Gasteiger partial charge in [0.2, 0.25) is 5.91 Å². The van der Waals surface area contributed by atoms with E-state index < -0.39 is 5.54 Å². The average Bonchev–Trinajstić information content (AvgIpc) is 2.83. The Labute approximate surface area is 101 Å². The van der Waals surface area contributed by atoms with Crippen molar-refractivity contribution in [2.75, 3.05) is 6.54 Å². The van der Waals surface area contributed by atoms with Crippen LogP contribution in [0, 0.1) is 0 Å². The molecule has 6 heteroatoms. The van der Waals surface area contributed by atoms with Crippen molar-refractivity contribution in [2.45, 2.75) is 44.7 Å². The van der Waals surface area contributed by atoms with Crippen molar-refractivity contribution >= 4 is 5.91 Å². The Morgan fingerprint density at radius 1 is 1.59 bits per heavy atom. The van der Waals surface area contributed by atoms with Crippen molar-refractivity contribution in [1.29, 1.82) is 0 Å². The average molecular weight is 237 g/mol. The maximum Gasteiger partial charge on any atom is 0.240 e. The van der Waals surface area contributed by atoms with Crippen molar-refractivity contribution in [3.05, 3.63) is 12.2 Å². The Morgan fingerprint density at radius 2 is 2.41 bits per heavy atom. The zero-order valence-corrected chi connectivity index (χ0v) is 10.3. The number of H-pyrrole nitrogens is 1. The Hall–Kier alpha value is -1.43. The summed E-state index contributed by atoms with van der Waals surface area (Å²) in [5.41, 5.74) is -0.452. The molecule has 0 radical (unpaired) electrons. The van der Waals surface area contributed by atoms with Gasteiger partial charge in [-0.05, 0) is 39.7 Å². The zero-order chi connectivity index (χ0) is 12.3. The van der Waals surface area contributed by atoms with Gasteiger partial charge in [-0.1, -0.05) is 0 Å². The number of rotatable bonds is 3. The smallest absolute Gasteiger partial charge is 0.240 e. The van der Waals surface area contributed by atoms with E-state index >= 15 is 0 Å². The van der Waals surface area contributed by atoms with Crippen molar-refractivity contribution in [2.24, 2.45) is 0 Å². The zero-order valence-electron chi connectivity index (χ0n) is 10.3. The van der Waals surface area contributed by atoms with E-state index in [4.69, 9.17) is 0 Å². The second-order valence-corrected chi connectivity index (χ2v) is 4.78. The van der Waals surface area contributed by atoms with Crippen LogP contribution >= 0.6 is 0 Å². The quantitative estimate of drug-likeness (QED) is 0.715. The van der Waals surface area contributed by atoms with Crippen LogP contribution in [0.5, 0.6) is 0 Å². The van der Waals surface area contributed by atoms with Crippen LogP contribution < -0.4 is 10.6 Å². The van der Waals surface area contributed by atoms with Gasteiger partial charge in [-0.2, -0.15) is 5.10 Å². The topological polar surface area (TPSA) is 82.7 Å². The van der Waals surface area contributed by atoms with Gasteiger partial charge in [-0.25, -0.2) is 4.98 Å². The van der Waals surface area contributed by atoms with Gasteiger partial charge in [-0.15, -0.1) is 0 Å². The molecule has 2 rings (SSSR count). The number of piperidine rings is 1. The molecule has 0 aromatic carbocycles. The van der Waals surface area contributed by atoms with E-state index in [2.05, 4.69) is 25.8 Å². The number of hydrogen-bond donors (Lipinski definition) is 3. The molecule has 0 aliphatic carbocycles. The summed E-state index contributed by atoms with van der Waals surface area (Å²) in [5, 5.41) is 12.8. The number of carbonyl (C=O) groups is 1. The fourth-order valence-corrected chi connectivity index (χ4v) is 2.10. The summed E-state index contributed by atoms with van der Waals surface area (Å²) >= 11 is 0. The molecule has 0 bridgehead atoms. The monoisotopic (exact) mass is 237 g/mol. The fraction of sp³-hybridized carbons (Fsp3) is 0.727. The Balaban J connectivity index is 1.96. The Kier molecular flexibility index (Phi) is 3.42. The van der Waals surface area contributed by atoms with Crippen LogP contribution in [0.3, 0.4) is 0 Å². The highest BCUT2D eigenvalue weighted by Crippen LogP contribution is 2.20. The molecular weight excluding hydrogens is 218 g/mol. The lowest BCUT2D eigenvalue weighted by atomic mass is 9.90. The van der Waals surface area contributed by atoms with Crippen LogP contribution in [0.1, 0.15) is 45.0 Å². The molecule has 0 saturated carbocycles. The molecule has 1 fully saturated rings. The van der Waals surface area contributed by atoms with E-state index in [1.54, 1.807) is 0 Å². The molecule has 17 heavy (non-hydrogen) atoms. The minimum atomic E-state index is -0.452. The number of hydrogen-bond acceptors (Lipinski definition) is 4. The third-order valence-electron chi connectivity index (χ3n) is 3.31. The van der Waals surface area contributed by atoms with Gasteiger partial charge in [0.1, 0.15) is 12.2 Å². The predicted molar refractivity (Wildman–Crippen MR) is 63.2 cm³/mol. The van der Waals surface area contributed by atoms with E-state index in [9.17, 15) is 4.79 Å². The van der Waals surface area contributed by atoms with E-state index in [0.29, 0.717) is 5.82 Å². The van der Waals surface area contributed by atoms with Gasteiger partial charge in [0, 0.05) is 0 Å². The Morgan fingerprint density at radius 3 is 3.00 bits per heavy atom. The number of nitrogens with one attached hydrogen (secondary N) is 3. The largest absolute Gasteiger partial charge is 0.345 e. The molecule has 6 nitrogen and oxygen atoms in total. The first-order valence-electron chi connectivity index (χ1n) is 6.03. The summed E-state index contributed by atoms with van der Waals surface area (Å²) in [5.74, 6) is 0.707. The summed E-state index contributed by atoms with van der Waals surface area (Å²) in [7, 11) is 0. The first-order chi connectivity index (χ1) is 8.12. The molecule has 0 spiro atoms. The normalized spacial score (nSPS) is 26.5. The van der Waals surface area contributed by atoms with Crippen LogP contribution in [-0.4, -0.2) is 33.2 Å². The predicted octanol–water partition coefficient (Wildman–Crippen LogP) is 0.514. The van der Waals surface area contributed by atoms with Gasteiger partial charge >= 0.3 is 0 Å². The summed E-state index contributed by atoms with van der Waals surface area (Å²) in [6.45, 7) is 4.75. The minimum absolute atomic E-state index is 0.0288. The van der Waals surface area contributed by atoms with E-state index in [1.807, 2.05) is 13.8 Å². The number of nitrogens with zero attached hydrogens (tertiary/aromatic N) is 2. The highest BCUT2D eigenvalue weighted by Gasteiger charge is 2.35. The SMILES string of the molecule is CC(NC(=O)C1(C)CCCCN1)c1ncn[nH]1. The van der Waals surface area contributed by atoms with Gasteiger partial charge in [0.15, 0.2) is 0 Å². The maximum atomic E-state index is 12.2. The molecule has 1 aromatic heterocycles. The molecule has 3 N–H and O–H groups in total. The molecule has 1 amide bonds. The first-order valence-corrected chi connectivity index (χ1v) is 6.03. The molecule has 1 saturated heterocycles. The molecule has 1 aliphatic heterocycles. The number of carbonyl (C=O) groups excluding carboxylic acids is 1. The lowest BCUT2D eigenvalue weighted by Gasteiger charge is -2.34. The highest BCUT2D eigenvalue weighted by atomic mass is 16.2. The van der Waals surface area contributed by atoms with E-state index in [-0.39, 0.29) is 11.9 Å². The van der Waals surface area contributed by atoms with Gasteiger partial charge in [0.05, 0.1) is 11.6 Å². The number of aromatic amines is 1. The minimum Gasteiger partial charge on any atom is -0.345 e. The first kappa shape index (κ1) is 12.0. The molecule has 2 heterocycles. The van der Waals surface area contributed by atoms with Gasteiger partial charge in [-0.3, -0.25) is 9.89 Å². The van der Waals surface area contributed by atoms with E-state index in [0.717, 1.165) is 25.8 Å². The van der Waals surface area contributed by atoms with Crippen molar-refractivity contribution in [3.63, 3.8) is 0 Å². The fourth-order valence-electron chi connectivity index (χ4n) is 2.10. The van der Waals surface area contributed by atoms with Crippen molar-refractivity contribution < 1.29 is 4.79 Å². The molecule has 1 aromatic rings. The van der Waals surface area contributed by atoms with Crippen LogP contribution in [0.4, 0.5) is 0 Å². The van der Waals surface area contributed by atoms with Crippen molar-refractivity contribution in [3.8, 4) is 0 Å². The Bertz CT molecular complexity index is 369. The second kappa shape index (κ2) is 4.83. The summed E-state index contributed by atoms with van der Waals surface area (Å²) in [6, 6.07) is -0.148. The van der Waals surface area contributed by atoms with Crippen LogP contribution in [0.25, 0.3) is 0 Å². The van der Waals surface area contributed by atoms with Crippen molar-refractivity contribution in [1.82, 2.24) is 25.8 Å². The molecule has 2 atom stereocenters. The van der Waals surface area contributed by atoms with E-state index in [1.165, 1.54) is 6.33 Å². The summed E-state index contributed by atoms with van der Waals surface area (Å²) in [4.78, 5) is 16.2. The van der Waals surface area contributed by atoms with Crippen LogP contribution in [0.15, 0.2) is 6.33 Å². The van der Waals surface area contributed by atoms with Gasteiger partial charge in [0.25, 0.3) is 0 Å². The van der Waals surface area contributed by atoms with Gasteiger partial charge < -0.3 is 10.6 Å². The maximum absolute atomic E-state index is 12.2. The highest BCUT2D eigenvalue weighted by molar-refractivity contribution is 5.86. The number of amides is 1. The summed E-state index contributed by atoms with van der Waals surface area (Å²) in [6.07, 6.45) is 4.55. The number of aromatic nitrogens is 3. The molecule has 94 valence electrons. The van der Waals surface area contributed by atoms with Crippen LogP contribution in [-0.2, 0) is 4.79 Å². The molecule has 1 aliphatic rings. The van der Waals surface area contributed by atoms with Crippen LogP contribution in [0.2, 0.25) is 0 Å². The molecule has 2 unspecified atom stereocenters. The standard InChI is InChI=1S/C11H19N5O/c1-8(9-12-7-14-16-9)15-10(17)11(2)5-3-4-6-13-11/h7-8,13H,3-6H2,1-2H3,(H,15,17)(H,12,14,16). The second-order valence-electron chi connectivity index (χ2n) is 4.78. The molecular formula is C11H19N5O. The third kappa shape index (κ3) is 2.63. The third-order valence-corrected chi connectivity index (χ3v) is 3.31. The summed E-state index contributed by atoms with van der Waals surface area (Å²) < 4.78 is 0. The lowest BCUT2D eigenvalue weighted by molar-refractivity contribution is -0.128. The lowest BCUT2D eigenvalue weighted by Crippen LogP contribution is -2.57.